The van der Waals surface area contributed by atoms with E-state index in [0.29, 0.717) is 0 Å². The van der Waals surface area contributed by atoms with E-state index in [0.717, 1.165) is 30.5 Å². The summed E-state index contributed by atoms with van der Waals surface area (Å²) in [6.45, 7) is 2.54. The minimum atomic E-state index is 0.0930. The van der Waals surface area contributed by atoms with Gasteiger partial charge >= 0.3 is 0 Å². The van der Waals surface area contributed by atoms with Crippen LogP contribution in [0.25, 0.3) is 0 Å². The Morgan fingerprint density at radius 1 is 1.04 bits per heavy atom. The Labute approximate surface area is 165 Å². The van der Waals surface area contributed by atoms with Crippen LogP contribution < -0.4 is 10.1 Å². The lowest BCUT2D eigenvalue weighted by atomic mass is 10.00. The highest BCUT2D eigenvalue weighted by molar-refractivity contribution is 7.80. The van der Waals surface area contributed by atoms with Gasteiger partial charge in [0, 0.05) is 31.5 Å². The molecule has 2 heterocycles. The van der Waals surface area contributed by atoms with Gasteiger partial charge in [0.25, 0.3) is 0 Å². The molecule has 0 fully saturated rings. The van der Waals surface area contributed by atoms with Gasteiger partial charge in [-0.25, -0.2) is 0 Å². The van der Waals surface area contributed by atoms with Gasteiger partial charge in [0.15, 0.2) is 5.11 Å². The number of nitrogens with one attached hydrogen (secondary N) is 1. The molecule has 1 atom stereocenters. The molecule has 0 bridgehead atoms. The zero-order chi connectivity index (χ0) is 18.6. The lowest BCUT2D eigenvalue weighted by molar-refractivity contribution is 0.285. The summed E-state index contributed by atoms with van der Waals surface area (Å²) in [5.74, 6) is 0.862. The molecule has 2 aromatic carbocycles. The predicted octanol–water partition coefficient (Wildman–Crippen LogP) is 3.98. The van der Waals surface area contributed by atoms with Crippen LogP contribution in [0.2, 0.25) is 0 Å². The van der Waals surface area contributed by atoms with Crippen molar-refractivity contribution in [1.82, 2.24) is 14.8 Å². The molecule has 4 nitrogen and oxygen atoms in total. The highest BCUT2D eigenvalue weighted by atomic mass is 32.1. The summed E-state index contributed by atoms with van der Waals surface area (Å²) in [4.78, 5) is 2.29. The zero-order valence-corrected chi connectivity index (χ0v) is 16.2. The molecule has 1 aromatic heterocycles. The van der Waals surface area contributed by atoms with Crippen molar-refractivity contribution in [3.8, 4) is 5.75 Å². The molecule has 0 spiro atoms. The largest absolute Gasteiger partial charge is 0.497 e. The van der Waals surface area contributed by atoms with Crippen LogP contribution in [0.4, 0.5) is 0 Å². The number of benzene rings is 2. The Bertz CT molecular complexity index is 905. The molecular weight excluding hydrogens is 354 g/mol. The second kappa shape index (κ2) is 7.84. The van der Waals surface area contributed by atoms with Crippen molar-refractivity contribution in [2.24, 2.45) is 0 Å². The second-order valence-corrected chi connectivity index (χ2v) is 7.03. The fraction of sp³-hybridized carbons (Fsp3) is 0.227. The van der Waals surface area contributed by atoms with Crippen molar-refractivity contribution in [2.75, 3.05) is 13.7 Å². The van der Waals surface area contributed by atoms with Gasteiger partial charge in [0.05, 0.1) is 13.2 Å². The summed E-state index contributed by atoms with van der Waals surface area (Å²) in [5.41, 5.74) is 3.69. The number of aromatic nitrogens is 1. The maximum Gasteiger partial charge on any atom is 0.170 e. The van der Waals surface area contributed by atoms with Crippen LogP contribution in [0.1, 0.15) is 22.9 Å². The third-order valence-electron chi connectivity index (χ3n) is 5.02. The minimum absolute atomic E-state index is 0.0930. The third-order valence-corrected chi connectivity index (χ3v) is 5.40. The molecule has 27 heavy (non-hydrogen) atoms. The molecule has 1 N–H and O–H groups in total. The number of ether oxygens (including phenoxy) is 1. The van der Waals surface area contributed by atoms with Gasteiger partial charge in [-0.2, -0.15) is 0 Å². The quantitative estimate of drug-likeness (QED) is 0.697. The standard InChI is InChI=1S/C22H23N3OS/c1-26-19-11-9-18(10-12-19)21-20-8-5-13-24(20)14-15-25(21)22(27)23-16-17-6-3-2-4-7-17/h2-13,21H,14-16H2,1H3,(H,23,27)/t21-/m1/s1. The molecule has 0 unspecified atom stereocenters. The molecule has 4 rings (SSSR count). The molecule has 0 saturated heterocycles. The highest BCUT2D eigenvalue weighted by Crippen LogP contribution is 2.33. The van der Waals surface area contributed by atoms with Crippen LogP contribution in [0.3, 0.4) is 0 Å². The summed E-state index contributed by atoms with van der Waals surface area (Å²) in [6, 6.07) is 23.0. The third kappa shape index (κ3) is 3.69. The molecule has 138 valence electrons. The molecule has 1 aliphatic heterocycles. The van der Waals surface area contributed by atoms with E-state index in [2.05, 4.69) is 57.4 Å². The Hall–Kier alpha value is -2.79. The first-order valence-electron chi connectivity index (χ1n) is 9.13. The molecule has 3 aromatic rings. The first-order chi connectivity index (χ1) is 13.3. The smallest absolute Gasteiger partial charge is 0.170 e. The van der Waals surface area contributed by atoms with Crippen LogP contribution in [-0.4, -0.2) is 28.2 Å². The average molecular weight is 378 g/mol. The van der Waals surface area contributed by atoms with E-state index >= 15 is 0 Å². The molecule has 0 aliphatic carbocycles. The summed E-state index contributed by atoms with van der Waals surface area (Å²) in [6.07, 6.45) is 2.14. The fourth-order valence-electron chi connectivity index (χ4n) is 3.61. The van der Waals surface area contributed by atoms with Crippen molar-refractivity contribution >= 4 is 17.3 Å². The molecule has 0 amide bonds. The van der Waals surface area contributed by atoms with Crippen molar-refractivity contribution < 1.29 is 4.74 Å². The number of thiocarbonyl (C=S) groups is 1. The average Bonchev–Trinajstić information content (AvgIpc) is 3.21. The summed E-state index contributed by atoms with van der Waals surface area (Å²) in [5, 5.41) is 4.22. The predicted molar refractivity (Wildman–Crippen MR) is 112 cm³/mol. The van der Waals surface area contributed by atoms with Crippen LogP contribution in [0, 0.1) is 0 Å². The van der Waals surface area contributed by atoms with Crippen molar-refractivity contribution in [1.29, 1.82) is 0 Å². The van der Waals surface area contributed by atoms with Crippen molar-refractivity contribution in [2.45, 2.75) is 19.1 Å². The van der Waals surface area contributed by atoms with E-state index < -0.39 is 0 Å². The van der Waals surface area contributed by atoms with E-state index in [1.54, 1.807) is 7.11 Å². The number of hydrogen-bond donors (Lipinski definition) is 1. The Kier molecular flexibility index (Phi) is 5.12. The number of nitrogens with zero attached hydrogens (tertiary/aromatic N) is 2. The van der Waals surface area contributed by atoms with E-state index in [9.17, 15) is 0 Å². The van der Waals surface area contributed by atoms with Crippen LogP contribution >= 0.6 is 12.2 Å². The van der Waals surface area contributed by atoms with Gasteiger partial charge in [-0.05, 0) is 47.6 Å². The number of fused-ring (bicyclic) bond motifs is 1. The zero-order valence-electron chi connectivity index (χ0n) is 15.3. The fourth-order valence-corrected chi connectivity index (χ4v) is 3.88. The summed E-state index contributed by atoms with van der Waals surface area (Å²) >= 11 is 5.78. The topological polar surface area (TPSA) is 29.4 Å². The summed E-state index contributed by atoms with van der Waals surface area (Å²) < 4.78 is 7.63. The molecule has 1 aliphatic rings. The normalized spacial score (nSPS) is 15.9. The van der Waals surface area contributed by atoms with E-state index in [1.807, 2.05) is 30.3 Å². The summed E-state index contributed by atoms with van der Waals surface area (Å²) in [7, 11) is 1.69. The Morgan fingerprint density at radius 2 is 1.81 bits per heavy atom. The van der Waals surface area contributed by atoms with E-state index in [4.69, 9.17) is 17.0 Å². The number of rotatable bonds is 4. The van der Waals surface area contributed by atoms with Gasteiger partial charge in [0.1, 0.15) is 5.75 Å². The molecule has 0 radical (unpaired) electrons. The Morgan fingerprint density at radius 3 is 2.56 bits per heavy atom. The molecule has 0 saturated carbocycles. The number of hydrogen-bond acceptors (Lipinski definition) is 2. The van der Waals surface area contributed by atoms with E-state index in [1.165, 1.54) is 16.8 Å². The highest BCUT2D eigenvalue weighted by Gasteiger charge is 2.30. The van der Waals surface area contributed by atoms with Gasteiger partial charge in [-0.3, -0.25) is 0 Å². The van der Waals surface area contributed by atoms with Crippen LogP contribution in [0.15, 0.2) is 72.9 Å². The monoisotopic (exact) mass is 377 g/mol. The minimum Gasteiger partial charge on any atom is -0.497 e. The SMILES string of the molecule is COc1ccc([C@@H]2c3cccn3CCN2C(=S)NCc2ccccc2)cc1. The van der Waals surface area contributed by atoms with Gasteiger partial charge < -0.3 is 19.5 Å². The first kappa shape index (κ1) is 17.6. The lowest BCUT2D eigenvalue weighted by Crippen LogP contribution is -2.46. The van der Waals surface area contributed by atoms with Gasteiger partial charge in [-0.1, -0.05) is 42.5 Å². The van der Waals surface area contributed by atoms with Crippen molar-refractivity contribution in [3.63, 3.8) is 0 Å². The van der Waals surface area contributed by atoms with Crippen LogP contribution in [-0.2, 0) is 13.1 Å². The molecule has 5 heteroatoms. The molecular formula is C22H23N3OS. The van der Waals surface area contributed by atoms with Crippen molar-refractivity contribution in [3.05, 3.63) is 89.7 Å². The van der Waals surface area contributed by atoms with Crippen LogP contribution in [0.5, 0.6) is 5.75 Å². The van der Waals surface area contributed by atoms with E-state index in [-0.39, 0.29) is 6.04 Å². The first-order valence-corrected chi connectivity index (χ1v) is 9.54. The lowest BCUT2D eigenvalue weighted by Gasteiger charge is -2.39. The number of methoxy groups -OCH3 is 1. The maximum atomic E-state index is 5.78. The maximum absolute atomic E-state index is 5.78. The van der Waals surface area contributed by atoms with Gasteiger partial charge in [0.2, 0.25) is 0 Å². The van der Waals surface area contributed by atoms with Gasteiger partial charge in [-0.15, -0.1) is 0 Å². The Balaban J connectivity index is 1.59. The second-order valence-electron chi connectivity index (χ2n) is 6.64.